The van der Waals surface area contributed by atoms with Crippen molar-refractivity contribution in [3.8, 4) is 0 Å². The van der Waals surface area contributed by atoms with Crippen LogP contribution in [0.25, 0.3) is 11.0 Å². The molecule has 1 N–H and O–H groups in total. The molecule has 1 fully saturated rings. The van der Waals surface area contributed by atoms with Gasteiger partial charge in [-0.05, 0) is 38.8 Å². The zero-order chi connectivity index (χ0) is 16.3. The Labute approximate surface area is 140 Å². The molecule has 1 atom stereocenters. The fourth-order valence-electron chi connectivity index (χ4n) is 3.00. The van der Waals surface area contributed by atoms with Gasteiger partial charge in [0.2, 0.25) is 5.91 Å². The molecule has 0 bridgehead atoms. The number of nitrogens with zero attached hydrogens (tertiary/aromatic N) is 2. The highest BCUT2D eigenvalue weighted by Crippen LogP contribution is 2.24. The SMILES string of the molecule is CCn1c(SCC(=O)N[C@@]2(C)CCCOC2)nc2ccccc21. The predicted octanol–water partition coefficient (Wildman–Crippen LogP) is 2.83. The van der Waals surface area contributed by atoms with E-state index in [1.54, 1.807) is 0 Å². The molecule has 6 heteroatoms. The van der Waals surface area contributed by atoms with E-state index in [2.05, 4.69) is 34.8 Å². The molecule has 1 aromatic heterocycles. The molecular weight excluding hydrogens is 310 g/mol. The molecule has 1 aromatic carbocycles. The maximum Gasteiger partial charge on any atom is 0.230 e. The van der Waals surface area contributed by atoms with Crippen molar-refractivity contribution in [2.75, 3.05) is 19.0 Å². The predicted molar refractivity (Wildman–Crippen MR) is 92.7 cm³/mol. The lowest BCUT2D eigenvalue weighted by Crippen LogP contribution is -2.52. The van der Waals surface area contributed by atoms with Gasteiger partial charge in [0.05, 0.1) is 28.9 Å². The first kappa shape index (κ1) is 16.3. The van der Waals surface area contributed by atoms with Gasteiger partial charge in [0, 0.05) is 13.2 Å². The van der Waals surface area contributed by atoms with Crippen LogP contribution in [0.4, 0.5) is 0 Å². The lowest BCUT2D eigenvalue weighted by Gasteiger charge is -2.34. The van der Waals surface area contributed by atoms with Crippen LogP contribution in [0.3, 0.4) is 0 Å². The summed E-state index contributed by atoms with van der Waals surface area (Å²) in [6, 6.07) is 8.07. The Morgan fingerprint density at radius 1 is 1.48 bits per heavy atom. The number of amides is 1. The van der Waals surface area contributed by atoms with E-state index in [0.29, 0.717) is 12.4 Å². The van der Waals surface area contributed by atoms with Crippen LogP contribution in [-0.4, -0.2) is 40.0 Å². The van der Waals surface area contributed by atoms with Gasteiger partial charge in [-0.1, -0.05) is 23.9 Å². The van der Waals surface area contributed by atoms with Gasteiger partial charge >= 0.3 is 0 Å². The minimum atomic E-state index is -0.235. The number of thioether (sulfide) groups is 1. The molecule has 1 amide bonds. The third-order valence-electron chi connectivity index (χ3n) is 4.15. The Morgan fingerprint density at radius 2 is 2.30 bits per heavy atom. The first-order valence-corrected chi connectivity index (χ1v) is 9.07. The number of aryl methyl sites for hydroxylation is 1. The number of nitrogens with one attached hydrogen (secondary N) is 1. The molecule has 0 saturated carbocycles. The van der Waals surface area contributed by atoms with Crippen LogP contribution in [0.1, 0.15) is 26.7 Å². The van der Waals surface area contributed by atoms with Crippen LogP contribution in [0.5, 0.6) is 0 Å². The second kappa shape index (κ2) is 6.93. The summed E-state index contributed by atoms with van der Waals surface area (Å²) < 4.78 is 7.64. The summed E-state index contributed by atoms with van der Waals surface area (Å²) in [6.45, 7) is 6.38. The van der Waals surface area contributed by atoms with Crippen LogP contribution in [0.2, 0.25) is 0 Å². The maximum atomic E-state index is 12.3. The molecule has 1 saturated heterocycles. The zero-order valence-electron chi connectivity index (χ0n) is 13.7. The number of rotatable bonds is 5. The van der Waals surface area contributed by atoms with E-state index in [4.69, 9.17) is 4.74 Å². The standard InChI is InChI=1S/C17H23N3O2S/c1-3-20-14-8-5-4-7-13(14)18-16(20)23-11-15(21)19-17(2)9-6-10-22-12-17/h4-5,7-8H,3,6,9-12H2,1-2H3,(H,19,21)/t17-/m0/s1. The average Bonchev–Trinajstić information content (AvgIpc) is 2.90. The summed E-state index contributed by atoms with van der Waals surface area (Å²) in [4.78, 5) is 16.9. The summed E-state index contributed by atoms with van der Waals surface area (Å²) in [5, 5.41) is 4.01. The smallest absolute Gasteiger partial charge is 0.230 e. The van der Waals surface area contributed by atoms with E-state index in [0.717, 1.165) is 42.2 Å². The number of benzene rings is 1. The highest BCUT2D eigenvalue weighted by molar-refractivity contribution is 7.99. The summed E-state index contributed by atoms with van der Waals surface area (Å²) in [5.74, 6) is 0.413. The molecule has 0 aliphatic carbocycles. The number of hydrogen-bond acceptors (Lipinski definition) is 4. The van der Waals surface area contributed by atoms with Crippen molar-refractivity contribution in [3.05, 3.63) is 24.3 Å². The maximum absolute atomic E-state index is 12.3. The molecule has 0 radical (unpaired) electrons. The zero-order valence-corrected chi connectivity index (χ0v) is 14.5. The highest BCUT2D eigenvalue weighted by Gasteiger charge is 2.29. The number of para-hydroxylation sites is 2. The molecule has 3 rings (SSSR count). The third-order valence-corrected chi connectivity index (χ3v) is 5.12. The summed E-state index contributed by atoms with van der Waals surface area (Å²) in [7, 11) is 0. The highest BCUT2D eigenvalue weighted by atomic mass is 32.2. The van der Waals surface area contributed by atoms with Crippen molar-refractivity contribution in [2.24, 2.45) is 0 Å². The molecule has 0 unspecified atom stereocenters. The molecule has 2 aromatic rings. The number of hydrogen-bond donors (Lipinski definition) is 1. The largest absolute Gasteiger partial charge is 0.379 e. The van der Waals surface area contributed by atoms with Gasteiger partial charge in [0.1, 0.15) is 0 Å². The molecule has 1 aliphatic rings. The third kappa shape index (κ3) is 3.70. The Morgan fingerprint density at radius 3 is 3.04 bits per heavy atom. The second-order valence-corrected chi connectivity index (χ2v) is 7.12. The lowest BCUT2D eigenvalue weighted by atomic mass is 9.95. The van der Waals surface area contributed by atoms with Gasteiger partial charge in [-0.2, -0.15) is 0 Å². The fraction of sp³-hybridized carbons (Fsp3) is 0.529. The van der Waals surface area contributed by atoms with E-state index in [-0.39, 0.29) is 11.4 Å². The van der Waals surface area contributed by atoms with Crippen LogP contribution in [0.15, 0.2) is 29.4 Å². The average molecular weight is 333 g/mol. The van der Waals surface area contributed by atoms with Gasteiger partial charge in [-0.3, -0.25) is 4.79 Å². The van der Waals surface area contributed by atoms with Crippen molar-refractivity contribution in [2.45, 2.75) is 43.9 Å². The molecule has 5 nitrogen and oxygen atoms in total. The van der Waals surface area contributed by atoms with Gasteiger partial charge in [0.25, 0.3) is 0 Å². The van der Waals surface area contributed by atoms with Crippen molar-refractivity contribution in [1.29, 1.82) is 0 Å². The first-order valence-electron chi connectivity index (χ1n) is 8.08. The lowest BCUT2D eigenvalue weighted by molar-refractivity contribution is -0.122. The van der Waals surface area contributed by atoms with Crippen LogP contribution in [0, 0.1) is 0 Å². The number of imidazole rings is 1. The molecule has 124 valence electrons. The minimum absolute atomic E-state index is 0.0395. The van der Waals surface area contributed by atoms with E-state index in [1.807, 2.05) is 18.2 Å². The molecule has 2 heterocycles. The molecule has 23 heavy (non-hydrogen) atoms. The first-order chi connectivity index (χ1) is 11.1. The van der Waals surface area contributed by atoms with Gasteiger partial charge in [-0.15, -0.1) is 0 Å². The summed E-state index contributed by atoms with van der Waals surface area (Å²) in [6.07, 6.45) is 1.96. The van der Waals surface area contributed by atoms with Crippen molar-refractivity contribution in [1.82, 2.24) is 14.9 Å². The topological polar surface area (TPSA) is 56.2 Å². The molecular formula is C17H23N3O2S. The van der Waals surface area contributed by atoms with Crippen LogP contribution >= 0.6 is 11.8 Å². The number of carbonyl (C=O) groups is 1. The summed E-state index contributed by atoms with van der Waals surface area (Å²) >= 11 is 1.49. The van der Waals surface area contributed by atoms with Gasteiger partial charge in [-0.25, -0.2) is 4.98 Å². The molecule has 1 aliphatic heterocycles. The second-order valence-electron chi connectivity index (χ2n) is 6.18. The Balaban J connectivity index is 1.65. The van der Waals surface area contributed by atoms with E-state index < -0.39 is 0 Å². The normalized spacial score (nSPS) is 21.5. The van der Waals surface area contributed by atoms with E-state index >= 15 is 0 Å². The number of ether oxygens (including phenoxy) is 1. The van der Waals surface area contributed by atoms with Gasteiger partial charge < -0.3 is 14.6 Å². The number of carbonyl (C=O) groups excluding carboxylic acids is 1. The Kier molecular flexibility index (Phi) is 4.92. The summed E-state index contributed by atoms with van der Waals surface area (Å²) in [5.41, 5.74) is 1.86. The van der Waals surface area contributed by atoms with E-state index in [1.165, 1.54) is 11.8 Å². The van der Waals surface area contributed by atoms with Crippen LogP contribution in [-0.2, 0) is 16.1 Å². The number of aromatic nitrogens is 2. The molecule has 0 spiro atoms. The van der Waals surface area contributed by atoms with Crippen LogP contribution < -0.4 is 5.32 Å². The van der Waals surface area contributed by atoms with E-state index in [9.17, 15) is 4.79 Å². The number of fused-ring (bicyclic) bond motifs is 1. The van der Waals surface area contributed by atoms with Crippen molar-refractivity contribution < 1.29 is 9.53 Å². The monoisotopic (exact) mass is 333 g/mol. The van der Waals surface area contributed by atoms with Gasteiger partial charge in [0.15, 0.2) is 5.16 Å². The Bertz CT molecular complexity index is 692. The quantitative estimate of drug-likeness (QED) is 0.855. The van der Waals surface area contributed by atoms with Crippen molar-refractivity contribution in [3.63, 3.8) is 0 Å². The van der Waals surface area contributed by atoms with Crippen molar-refractivity contribution >= 4 is 28.7 Å². The fourth-order valence-corrected chi connectivity index (χ4v) is 3.88. The minimum Gasteiger partial charge on any atom is -0.379 e. The Hall–Kier alpha value is -1.53.